The molecule has 6 heteroatoms. The molecule has 3 aliphatic rings. The second kappa shape index (κ2) is 3.63. The summed E-state index contributed by atoms with van der Waals surface area (Å²) in [5.74, 6) is 2.22. The van der Waals surface area contributed by atoms with Gasteiger partial charge in [-0.1, -0.05) is 5.21 Å². The van der Waals surface area contributed by atoms with Crippen molar-refractivity contribution in [3.8, 4) is 5.95 Å². The van der Waals surface area contributed by atoms with Crippen LogP contribution < -0.4 is 0 Å². The van der Waals surface area contributed by atoms with Crippen molar-refractivity contribution >= 4 is 0 Å². The van der Waals surface area contributed by atoms with E-state index in [1.807, 2.05) is 0 Å². The maximum atomic E-state index is 5.50. The van der Waals surface area contributed by atoms with Crippen LogP contribution in [0.5, 0.6) is 0 Å². The van der Waals surface area contributed by atoms with E-state index in [9.17, 15) is 0 Å². The molecular weight excluding hydrogens is 230 g/mol. The molecule has 2 aromatic rings. The van der Waals surface area contributed by atoms with Gasteiger partial charge in [-0.05, 0) is 49.6 Å². The Balaban J connectivity index is 1.69. The van der Waals surface area contributed by atoms with Crippen LogP contribution in [0.2, 0.25) is 0 Å². The fourth-order valence-corrected chi connectivity index (χ4v) is 3.41. The van der Waals surface area contributed by atoms with Gasteiger partial charge in [0, 0.05) is 5.41 Å². The lowest BCUT2D eigenvalue weighted by molar-refractivity contribution is 0.103. The largest absolute Gasteiger partial charge is 0.337 e. The average molecular weight is 245 g/mol. The molecule has 94 valence electrons. The molecule has 3 saturated carbocycles. The second-order valence-corrected chi connectivity index (χ2v) is 5.51. The fourth-order valence-electron chi connectivity index (χ4n) is 3.41. The van der Waals surface area contributed by atoms with Crippen LogP contribution in [-0.2, 0) is 5.41 Å². The Morgan fingerprint density at radius 1 is 1.22 bits per heavy atom. The van der Waals surface area contributed by atoms with Crippen molar-refractivity contribution in [2.75, 3.05) is 0 Å². The number of hydrogen-bond acceptors (Lipinski definition) is 5. The Morgan fingerprint density at radius 3 is 2.67 bits per heavy atom. The first kappa shape index (κ1) is 10.2. The summed E-state index contributed by atoms with van der Waals surface area (Å²) in [6, 6.07) is 0. The zero-order valence-corrected chi connectivity index (χ0v) is 10.1. The van der Waals surface area contributed by atoms with Crippen molar-refractivity contribution in [1.29, 1.82) is 0 Å². The molecule has 5 rings (SSSR count). The van der Waals surface area contributed by atoms with E-state index < -0.39 is 0 Å². The van der Waals surface area contributed by atoms with Gasteiger partial charge in [-0.15, -0.1) is 5.10 Å². The van der Waals surface area contributed by atoms with E-state index >= 15 is 0 Å². The number of hydrogen-bond donors (Lipinski definition) is 0. The molecule has 18 heavy (non-hydrogen) atoms. The molecule has 0 aromatic carbocycles. The first-order valence-corrected chi connectivity index (χ1v) is 6.57. The summed E-state index contributed by atoms with van der Waals surface area (Å²) in [5, 5.41) is 11.7. The minimum Gasteiger partial charge on any atom is -0.337 e. The van der Waals surface area contributed by atoms with E-state index in [0.717, 1.165) is 11.8 Å². The highest BCUT2D eigenvalue weighted by Crippen LogP contribution is 2.51. The van der Waals surface area contributed by atoms with Crippen LogP contribution in [0.15, 0.2) is 16.9 Å². The monoisotopic (exact) mass is 245 g/mol. The lowest BCUT2D eigenvalue weighted by Crippen LogP contribution is -2.37. The highest BCUT2D eigenvalue weighted by atomic mass is 16.5. The number of aromatic nitrogens is 5. The Kier molecular flexibility index (Phi) is 2.06. The van der Waals surface area contributed by atoms with Gasteiger partial charge in [-0.2, -0.15) is 9.67 Å². The zero-order valence-electron chi connectivity index (χ0n) is 10.1. The van der Waals surface area contributed by atoms with Crippen molar-refractivity contribution < 1.29 is 4.52 Å². The van der Waals surface area contributed by atoms with Gasteiger partial charge in [0.2, 0.25) is 5.89 Å². The van der Waals surface area contributed by atoms with E-state index in [1.165, 1.54) is 43.2 Å². The second-order valence-electron chi connectivity index (χ2n) is 5.51. The summed E-state index contributed by atoms with van der Waals surface area (Å²) in [6.07, 6.45) is 10.8. The van der Waals surface area contributed by atoms with E-state index in [4.69, 9.17) is 4.52 Å². The molecule has 2 bridgehead atoms. The number of nitrogens with zero attached hydrogens (tertiary/aromatic N) is 5. The van der Waals surface area contributed by atoms with Gasteiger partial charge < -0.3 is 4.52 Å². The minimum absolute atomic E-state index is 0.139. The molecule has 3 fully saturated rings. The van der Waals surface area contributed by atoms with Crippen molar-refractivity contribution in [3.63, 3.8) is 0 Å². The molecule has 2 aromatic heterocycles. The summed E-state index contributed by atoms with van der Waals surface area (Å²) in [5.41, 5.74) is 0.139. The summed E-state index contributed by atoms with van der Waals surface area (Å²) >= 11 is 0. The quantitative estimate of drug-likeness (QED) is 0.807. The Labute approximate surface area is 104 Å². The maximum absolute atomic E-state index is 5.50. The Bertz CT molecular complexity index is 525. The standard InChI is InChI=1S/C12H15N5O/c1-4-12(5-2-9(1)3-6-12)10-14-11(15-18-10)17-8-7-13-16-17/h7-9H,1-6H2. The summed E-state index contributed by atoms with van der Waals surface area (Å²) in [7, 11) is 0. The van der Waals surface area contributed by atoms with Crippen LogP contribution in [-0.4, -0.2) is 25.1 Å². The van der Waals surface area contributed by atoms with Crippen LogP contribution in [0.1, 0.15) is 44.4 Å². The van der Waals surface area contributed by atoms with Crippen LogP contribution in [0, 0.1) is 5.92 Å². The van der Waals surface area contributed by atoms with Crippen molar-refractivity contribution in [2.45, 2.75) is 43.9 Å². The van der Waals surface area contributed by atoms with E-state index in [1.54, 1.807) is 12.4 Å². The molecule has 0 N–H and O–H groups in total. The highest BCUT2D eigenvalue weighted by molar-refractivity contribution is 5.14. The van der Waals surface area contributed by atoms with E-state index in [2.05, 4.69) is 20.5 Å². The van der Waals surface area contributed by atoms with Gasteiger partial charge in [0.15, 0.2) is 0 Å². The highest BCUT2D eigenvalue weighted by Gasteiger charge is 2.45. The van der Waals surface area contributed by atoms with Crippen molar-refractivity contribution in [1.82, 2.24) is 25.1 Å². The van der Waals surface area contributed by atoms with Gasteiger partial charge in [0.25, 0.3) is 5.95 Å². The molecule has 0 unspecified atom stereocenters. The molecule has 0 saturated heterocycles. The molecule has 6 nitrogen and oxygen atoms in total. The third kappa shape index (κ3) is 1.41. The predicted octanol–water partition coefficient (Wildman–Crippen LogP) is 1.87. The van der Waals surface area contributed by atoms with Gasteiger partial charge in [0.05, 0.1) is 12.4 Å². The van der Waals surface area contributed by atoms with Crippen LogP contribution in [0.4, 0.5) is 0 Å². The number of fused-ring (bicyclic) bond motifs is 3. The molecule has 0 spiro atoms. The lowest BCUT2D eigenvalue weighted by Gasteiger charge is -2.43. The smallest absolute Gasteiger partial charge is 0.292 e. The van der Waals surface area contributed by atoms with Gasteiger partial charge in [-0.3, -0.25) is 0 Å². The molecule has 2 heterocycles. The Hall–Kier alpha value is -1.72. The van der Waals surface area contributed by atoms with Gasteiger partial charge >= 0.3 is 0 Å². The molecule has 0 atom stereocenters. The summed E-state index contributed by atoms with van der Waals surface area (Å²) < 4.78 is 7.04. The molecule has 3 aliphatic carbocycles. The topological polar surface area (TPSA) is 69.6 Å². The summed E-state index contributed by atoms with van der Waals surface area (Å²) in [6.45, 7) is 0. The normalized spacial score (nSPS) is 30.8. The third-order valence-electron chi connectivity index (χ3n) is 4.59. The van der Waals surface area contributed by atoms with Gasteiger partial charge in [0.1, 0.15) is 0 Å². The maximum Gasteiger partial charge on any atom is 0.292 e. The summed E-state index contributed by atoms with van der Waals surface area (Å²) in [4.78, 5) is 4.53. The fraction of sp³-hybridized carbons (Fsp3) is 0.667. The molecule has 0 radical (unpaired) electrons. The predicted molar refractivity (Wildman–Crippen MR) is 62.1 cm³/mol. The minimum atomic E-state index is 0.139. The van der Waals surface area contributed by atoms with E-state index in [0.29, 0.717) is 5.95 Å². The van der Waals surface area contributed by atoms with Crippen LogP contribution in [0.25, 0.3) is 5.95 Å². The zero-order chi connectivity index (χ0) is 12.0. The van der Waals surface area contributed by atoms with E-state index in [-0.39, 0.29) is 5.41 Å². The van der Waals surface area contributed by atoms with Gasteiger partial charge in [-0.25, -0.2) is 0 Å². The van der Waals surface area contributed by atoms with Crippen molar-refractivity contribution in [3.05, 3.63) is 18.3 Å². The SMILES string of the molecule is c1cn(-c2noc(C34CCC(CC3)CC4)n2)nn1. The average Bonchev–Trinajstić information content (AvgIpc) is 3.12. The Morgan fingerprint density at radius 2 is 2.00 bits per heavy atom. The van der Waals surface area contributed by atoms with Crippen molar-refractivity contribution in [2.24, 2.45) is 5.92 Å². The molecule has 0 aliphatic heterocycles. The van der Waals surface area contributed by atoms with Crippen LogP contribution >= 0.6 is 0 Å². The first-order valence-electron chi connectivity index (χ1n) is 6.57. The number of rotatable bonds is 2. The lowest BCUT2D eigenvalue weighted by atomic mass is 9.61. The molecular formula is C12H15N5O. The van der Waals surface area contributed by atoms with Crippen LogP contribution in [0.3, 0.4) is 0 Å². The third-order valence-corrected chi connectivity index (χ3v) is 4.59. The first-order chi connectivity index (χ1) is 8.86. The molecule has 0 amide bonds.